The van der Waals surface area contributed by atoms with E-state index < -0.39 is 11.3 Å². The summed E-state index contributed by atoms with van der Waals surface area (Å²) in [6, 6.07) is 7.59. The van der Waals surface area contributed by atoms with Gasteiger partial charge in [-0.3, -0.25) is 14.5 Å². The molecule has 2 amide bonds. The van der Waals surface area contributed by atoms with Crippen molar-refractivity contribution in [3.05, 3.63) is 53.6 Å². The molecule has 30 heavy (non-hydrogen) atoms. The van der Waals surface area contributed by atoms with E-state index in [9.17, 15) is 19.1 Å². The molecule has 1 fully saturated rings. The SMILES string of the molecule is CC(C)(O)c1cc(-c2ccc(F)cc2)nn2cc3[n+](c12)C1(C)C(=O)NCCN1C3=O. The molecule has 0 radical (unpaired) electrons. The van der Waals surface area contributed by atoms with Gasteiger partial charge >= 0.3 is 11.6 Å². The average Bonchev–Trinajstić information content (AvgIpc) is 3.17. The number of benzene rings is 1. The second-order valence-electron chi connectivity index (χ2n) is 8.36. The van der Waals surface area contributed by atoms with Crippen molar-refractivity contribution >= 4 is 17.5 Å². The number of nitrogens with one attached hydrogen (secondary N) is 1. The number of imidazole rings is 1. The molecule has 1 aromatic carbocycles. The Bertz CT molecular complexity index is 1230. The third-order valence-electron chi connectivity index (χ3n) is 5.93. The smallest absolute Gasteiger partial charge is 0.316 e. The van der Waals surface area contributed by atoms with Gasteiger partial charge in [0, 0.05) is 25.6 Å². The molecule has 1 saturated heterocycles. The zero-order valence-electron chi connectivity index (χ0n) is 16.8. The molecule has 5 rings (SSSR count). The minimum Gasteiger partial charge on any atom is -0.385 e. The van der Waals surface area contributed by atoms with Crippen LogP contribution in [0.5, 0.6) is 0 Å². The number of hydrogen-bond donors (Lipinski definition) is 2. The van der Waals surface area contributed by atoms with Gasteiger partial charge in [-0.2, -0.15) is 4.57 Å². The summed E-state index contributed by atoms with van der Waals surface area (Å²) in [6.07, 6.45) is 1.58. The van der Waals surface area contributed by atoms with Crippen molar-refractivity contribution < 1.29 is 23.7 Å². The maximum Gasteiger partial charge on any atom is 0.316 e. The van der Waals surface area contributed by atoms with E-state index in [0.717, 1.165) is 0 Å². The van der Waals surface area contributed by atoms with Gasteiger partial charge in [0.05, 0.1) is 11.2 Å². The Morgan fingerprint density at radius 2 is 1.97 bits per heavy atom. The number of fused-ring (bicyclic) bond motifs is 5. The Labute approximate surface area is 171 Å². The highest BCUT2D eigenvalue weighted by Crippen LogP contribution is 2.34. The van der Waals surface area contributed by atoms with Crippen LogP contribution in [-0.4, -0.2) is 44.5 Å². The average molecular weight is 410 g/mol. The number of amides is 2. The second kappa shape index (κ2) is 5.85. The largest absolute Gasteiger partial charge is 0.385 e. The fraction of sp³-hybridized carbons (Fsp3) is 0.333. The lowest BCUT2D eigenvalue weighted by Crippen LogP contribution is -2.71. The van der Waals surface area contributed by atoms with Gasteiger partial charge in [0.2, 0.25) is 5.69 Å². The number of carbonyl (C=O) groups is 2. The van der Waals surface area contributed by atoms with Gasteiger partial charge in [-0.1, -0.05) is 9.61 Å². The van der Waals surface area contributed by atoms with E-state index in [0.29, 0.717) is 41.3 Å². The van der Waals surface area contributed by atoms with Crippen molar-refractivity contribution in [1.82, 2.24) is 19.8 Å². The molecule has 3 aromatic rings. The van der Waals surface area contributed by atoms with E-state index in [4.69, 9.17) is 0 Å². The molecule has 4 heterocycles. The van der Waals surface area contributed by atoms with Gasteiger partial charge in [-0.05, 0) is 44.2 Å². The first-order valence-corrected chi connectivity index (χ1v) is 9.70. The highest BCUT2D eigenvalue weighted by atomic mass is 19.1. The normalized spacial score (nSPS) is 21.0. The highest BCUT2D eigenvalue weighted by Gasteiger charge is 2.60. The summed E-state index contributed by atoms with van der Waals surface area (Å²) in [5, 5.41) is 18.4. The van der Waals surface area contributed by atoms with Gasteiger partial charge in [-0.15, -0.1) is 0 Å². The topological polar surface area (TPSA) is 90.8 Å². The molecule has 1 atom stereocenters. The summed E-state index contributed by atoms with van der Waals surface area (Å²) in [6.45, 7) is 5.75. The maximum absolute atomic E-state index is 13.4. The zero-order chi connectivity index (χ0) is 21.4. The summed E-state index contributed by atoms with van der Waals surface area (Å²) < 4.78 is 16.5. The van der Waals surface area contributed by atoms with Crippen LogP contribution >= 0.6 is 0 Å². The van der Waals surface area contributed by atoms with Crippen LogP contribution in [0.25, 0.3) is 16.9 Å². The van der Waals surface area contributed by atoms with Crippen LogP contribution in [0.3, 0.4) is 0 Å². The Morgan fingerprint density at radius 1 is 1.27 bits per heavy atom. The van der Waals surface area contributed by atoms with Crippen molar-refractivity contribution in [3.63, 3.8) is 0 Å². The predicted octanol–water partition coefficient (Wildman–Crippen LogP) is 0.914. The molecule has 0 aliphatic carbocycles. The molecular formula is C21H21FN5O3+. The van der Waals surface area contributed by atoms with E-state index in [2.05, 4.69) is 10.4 Å². The molecule has 1 unspecified atom stereocenters. The van der Waals surface area contributed by atoms with Crippen LogP contribution in [0.4, 0.5) is 4.39 Å². The first-order chi connectivity index (χ1) is 14.1. The van der Waals surface area contributed by atoms with Gasteiger partial charge in [0.1, 0.15) is 11.5 Å². The minimum absolute atomic E-state index is 0.261. The minimum atomic E-state index is -1.30. The fourth-order valence-corrected chi connectivity index (χ4v) is 4.37. The van der Waals surface area contributed by atoms with E-state index in [1.54, 1.807) is 54.6 Å². The lowest BCUT2D eigenvalue weighted by atomic mass is 9.97. The number of aromatic nitrogens is 3. The van der Waals surface area contributed by atoms with E-state index in [1.807, 2.05) is 0 Å². The standard InChI is InChI=1S/C21H20FN5O3/c1-20(2,30)14-10-15(12-4-6-13(22)7-5-12)24-26-11-16-18(28)25-9-8-23-19(29)21(25,3)27(16)17(14)26/h4-7,10-11,30H,8-9H2,1-3H3/p+1. The van der Waals surface area contributed by atoms with Crippen molar-refractivity contribution in [2.45, 2.75) is 32.0 Å². The Kier molecular flexibility index (Phi) is 3.64. The molecule has 2 aliphatic rings. The van der Waals surface area contributed by atoms with Crippen molar-refractivity contribution in [2.75, 3.05) is 13.1 Å². The summed E-state index contributed by atoms with van der Waals surface area (Å²) in [4.78, 5) is 27.5. The first-order valence-electron chi connectivity index (χ1n) is 9.70. The number of nitrogens with zero attached hydrogens (tertiary/aromatic N) is 4. The van der Waals surface area contributed by atoms with Gasteiger partial charge in [-0.25, -0.2) is 4.39 Å². The van der Waals surface area contributed by atoms with Gasteiger partial charge < -0.3 is 10.4 Å². The van der Waals surface area contributed by atoms with Gasteiger partial charge in [0.25, 0.3) is 11.6 Å². The molecule has 0 saturated carbocycles. The highest BCUT2D eigenvalue weighted by molar-refractivity contribution is 5.99. The van der Waals surface area contributed by atoms with Crippen molar-refractivity contribution in [3.8, 4) is 11.3 Å². The van der Waals surface area contributed by atoms with Crippen molar-refractivity contribution in [2.24, 2.45) is 0 Å². The van der Waals surface area contributed by atoms with Crippen LogP contribution in [0.15, 0.2) is 36.5 Å². The Balaban J connectivity index is 1.84. The molecule has 2 aliphatic heterocycles. The third kappa shape index (κ3) is 2.35. The number of piperazine rings is 1. The van der Waals surface area contributed by atoms with E-state index in [-0.39, 0.29) is 17.6 Å². The molecule has 0 bridgehead atoms. The summed E-state index contributed by atoms with van der Waals surface area (Å²) >= 11 is 0. The van der Waals surface area contributed by atoms with Crippen LogP contribution < -0.4 is 9.88 Å². The quantitative estimate of drug-likeness (QED) is 0.615. The van der Waals surface area contributed by atoms with Crippen LogP contribution in [0.1, 0.15) is 36.8 Å². The number of carbonyl (C=O) groups excluding carboxylic acids is 2. The third-order valence-corrected chi connectivity index (χ3v) is 5.93. The molecule has 2 N–H and O–H groups in total. The Morgan fingerprint density at radius 3 is 2.63 bits per heavy atom. The Hall–Kier alpha value is -3.33. The number of aliphatic hydroxyl groups is 1. The fourth-order valence-electron chi connectivity index (χ4n) is 4.37. The predicted molar refractivity (Wildman–Crippen MR) is 104 cm³/mol. The van der Waals surface area contributed by atoms with Crippen molar-refractivity contribution in [1.29, 1.82) is 0 Å². The van der Waals surface area contributed by atoms with Gasteiger partial charge in [0.15, 0.2) is 6.20 Å². The number of hydrogen-bond acceptors (Lipinski definition) is 4. The molecule has 9 heteroatoms. The summed E-state index contributed by atoms with van der Waals surface area (Å²) in [7, 11) is 0. The second-order valence-corrected chi connectivity index (χ2v) is 8.36. The summed E-state index contributed by atoms with van der Waals surface area (Å²) in [5.74, 6) is -0.911. The molecule has 154 valence electrons. The molecule has 0 spiro atoms. The number of halogens is 1. The maximum atomic E-state index is 13.4. The van der Waals surface area contributed by atoms with E-state index in [1.165, 1.54) is 16.6 Å². The molecule has 2 aromatic heterocycles. The van der Waals surface area contributed by atoms with Crippen LogP contribution in [-0.2, 0) is 16.1 Å². The zero-order valence-corrected chi connectivity index (χ0v) is 16.8. The van der Waals surface area contributed by atoms with E-state index >= 15 is 0 Å². The summed E-state index contributed by atoms with van der Waals surface area (Å²) in [5.41, 5.74) is -0.0947. The monoisotopic (exact) mass is 410 g/mol. The van der Waals surface area contributed by atoms with Crippen LogP contribution in [0.2, 0.25) is 0 Å². The lowest BCUT2D eigenvalue weighted by molar-refractivity contribution is -0.732. The molecule has 8 nitrogen and oxygen atoms in total. The van der Waals surface area contributed by atoms with Crippen LogP contribution in [0, 0.1) is 5.82 Å². The lowest BCUT2D eigenvalue weighted by Gasteiger charge is -2.35. The number of rotatable bonds is 2. The molecular weight excluding hydrogens is 389 g/mol. The first kappa shape index (κ1) is 18.7.